The number of carbonyl (C=O) groups is 3. The molecule has 0 spiro atoms. The minimum absolute atomic E-state index is 0.439. The van der Waals surface area contributed by atoms with Crippen LogP contribution in [0, 0.1) is 17.8 Å². The number of cyclic esters (lactones) is 2. The number of rotatable bonds is 0. The zero-order valence-corrected chi connectivity index (χ0v) is 7.01. The lowest BCUT2D eigenvalue weighted by molar-refractivity contribution is -0.168. The van der Waals surface area contributed by atoms with Gasteiger partial charge in [-0.05, 0) is 6.08 Å². The van der Waals surface area contributed by atoms with E-state index in [2.05, 4.69) is 4.74 Å². The van der Waals surface area contributed by atoms with E-state index in [1.807, 2.05) is 0 Å². The number of hydrogen-bond donors (Lipinski definition) is 0. The van der Waals surface area contributed by atoms with Gasteiger partial charge in [0.25, 0.3) is 0 Å². The summed E-state index contributed by atoms with van der Waals surface area (Å²) in [6.45, 7) is 0. The Labute approximate surface area is 78.7 Å². The van der Waals surface area contributed by atoms with E-state index in [0.717, 1.165) is 0 Å². The van der Waals surface area contributed by atoms with Crippen molar-refractivity contribution in [1.82, 2.24) is 0 Å². The van der Waals surface area contributed by atoms with Crippen molar-refractivity contribution in [3.05, 3.63) is 12.2 Å². The van der Waals surface area contributed by atoms with Crippen LogP contribution in [0.2, 0.25) is 0 Å². The summed E-state index contributed by atoms with van der Waals surface area (Å²) < 4.78 is 9.43. The summed E-state index contributed by atoms with van der Waals surface area (Å²) in [5, 5.41) is 0. The lowest BCUT2D eigenvalue weighted by Gasteiger charge is -2.35. The normalized spacial score (nSPS) is 43.6. The first-order chi connectivity index (χ1) is 6.68. The van der Waals surface area contributed by atoms with E-state index in [9.17, 15) is 14.4 Å². The molecule has 3 aliphatic heterocycles. The van der Waals surface area contributed by atoms with Crippen molar-refractivity contribution in [3.8, 4) is 0 Å². The van der Waals surface area contributed by atoms with Crippen molar-refractivity contribution in [2.75, 3.05) is 0 Å². The van der Waals surface area contributed by atoms with Gasteiger partial charge in [0.05, 0.1) is 11.8 Å². The van der Waals surface area contributed by atoms with Gasteiger partial charge in [0.2, 0.25) is 0 Å². The molecule has 0 N–H and O–H groups in total. The maximum atomic E-state index is 11.3. The highest BCUT2D eigenvalue weighted by molar-refractivity contribution is 6.01. The molecule has 4 atom stereocenters. The summed E-state index contributed by atoms with van der Waals surface area (Å²) in [5.74, 6) is -3.52. The molecule has 1 aliphatic carbocycles. The maximum absolute atomic E-state index is 11.3. The minimum atomic E-state index is -0.654. The molecule has 0 amide bonds. The number of fused-ring (bicyclic) bond motifs is 1. The van der Waals surface area contributed by atoms with Crippen LogP contribution in [0.15, 0.2) is 12.2 Å². The van der Waals surface area contributed by atoms with Gasteiger partial charge in [0.1, 0.15) is 12.0 Å². The molecule has 2 bridgehead atoms. The Bertz CT molecular complexity index is 383. The van der Waals surface area contributed by atoms with Gasteiger partial charge in [-0.25, -0.2) is 0 Å². The van der Waals surface area contributed by atoms with E-state index in [-0.39, 0.29) is 0 Å². The van der Waals surface area contributed by atoms with Crippen LogP contribution in [-0.4, -0.2) is 24.0 Å². The third-order valence-electron chi connectivity index (χ3n) is 2.91. The predicted molar refractivity (Wildman–Crippen MR) is 40.6 cm³/mol. The molecular weight excluding hydrogens is 188 g/mol. The van der Waals surface area contributed by atoms with Crippen LogP contribution in [0.4, 0.5) is 0 Å². The average Bonchev–Trinajstić information content (AvgIpc) is 2.45. The second-order valence-corrected chi connectivity index (χ2v) is 3.60. The van der Waals surface area contributed by atoms with Gasteiger partial charge in [0, 0.05) is 0 Å². The van der Waals surface area contributed by atoms with Crippen LogP contribution < -0.4 is 0 Å². The fourth-order valence-corrected chi connectivity index (χ4v) is 2.26. The van der Waals surface area contributed by atoms with Gasteiger partial charge < -0.3 is 9.47 Å². The molecular formula is C9H6O5. The maximum Gasteiger partial charge on any atom is 0.321 e. The average molecular weight is 194 g/mol. The second kappa shape index (κ2) is 2.23. The van der Waals surface area contributed by atoms with Crippen LogP contribution >= 0.6 is 0 Å². The Morgan fingerprint density at radius 2 is 1.64 bits per heavy atom. The van der Waals surface area contributed by atoms with Crippen LogP contribution in [0.3, 0.4) is 0 Å². The fraction of sp³-hybridized carbons (Fsp3) is 0.444. The molecule has 72 valence electrons. The van der Waals surface area contributed by atoms with Gasteiger partial charge in [-0.2, -0.15) is 0 Å². The molecule has 0 aromatic rings. The number of esters is 3. The van der Waals surface area contributed by atoms with E-state index in [4.69, 9.17) is 4.74 Å². The van der Waals surface area contributed by atoms with Gasteiger partial charge in [0.15, 0.2) is 0 Å². The largest absolute Gasteiger partial charge is 0.457 e. The van der Waals surface area contributed by atoms with Gasteiger partial charge in [-0.1, -0.05) is 6.08 Å². The molecule has 0 saturated carbocycles. The zero-order valence-electron chi connectivity index (χ0n) is 7.01. The highest BCUT2D eigenvalue weighted by atomic mass is 16.6. The standard InChI is InChI=1S/C9H6O5/c10-7-3-1-2-4(13-7)6-5(3)8(11)14-9(6)12/h1-6H. The number of carbonyl (C=O) groups excluding carboxylic acids is 3. The molecule has 4 unspecified atom stereocenters. The molecule has 0 aromatic heterocycles. The Hall–Kier alpha value is -1.65. The molecule has 2 saturated heterocycles. The third-order valence-corrected chi connectivity index (χ3v) is 2.91. The molecule has 0 aromatic carbocycles. The number of ether oxygens (including phenoxy) is 2. The highest BCUT2D eigenvalue weighted by Gasteiger charge is 2.59. The zero-order chi connectivity index (χ0) is 9.87. The summed E-state index contributed by atoms with van der Waals surface area (Å²) in [7, 11) is 0. The Morgan fingerprint density at radius 3 is 2.36 bits per heavy atom. The molecule has 14 heavy (non-hydrogen) atoms. The lowest BCUT2D eigenvalue weighted by atomic mass is 9.73. The van der Waals surface area contributed by atoms with Crippen molar-refractivity contribution < 1.29 is 23.9 Å². The summed E-state index contributed by atoms with van der Waals surface area (Å²) in [6, 6.07) is 0. The quantitative estimate of drug-likeness (QED) is 0.293. The first kappa shape index (κ1) is 7.73. The van der Waals surface area contributed by atoms with Crippen LogP contribution in [0.1, 0.15) is 0 Å². The molecule has 0 radical (unpaired) electrons. The fourth-order valence-electron chi connectivity index (χ4n) is 2.26. The van der Waals surface area contributed by atoms with E-state index in [1.54, 1.807) is 12.2 Å². The van der Waals surface area contributed by atoms with E-state index in [1.165, 1.54) is 0 Å². The number of hydrogen-bond acceptors (Lipinski definition) is 5. The van der Waals surface area contributed by atoms with Crippen LogP contribution in [0.5, 0.6) is 0 Å². The molecule has 3 heterocycles. The lowest BCUT2D eigenvalue weighted by Crippen LogP contribution is -2.48. The summed E-state index contributed by atoms with van der Waals surface area (Å²) >= 11 is 0. The topological polar surface area (TPSA) is 69.7 Å². The molecule has 4 aliphatic rings. The van der Waals surface area contributed by atoms with Crippen molar-refractivity contribution >= 4 is 17.9 Å². The molecule has 4 rings (SSSR count). The Morgan fingerprint density at radius 1 is 0.929 bits per heavy atom. The van der Waals surface area contributed by atoms with Gasteiger partial charge in [-0.15, -0.1) is 0 Å². The SMILES string of the molecule is O=C1OC2C=CC1C1C(=O)OC(=O)C21. The van der Waals surface area contributed by atoms with Crippen LogP contribution in [0.25, 0.3) is 0 Å². The molecule has 2 fully saturated rings. The van der Waals surface area contributed by atoms with E-state index >= 15 is 0 Å². The van der Waals surface area contributed by atoms with Crippen molar-refractivity contribution in [2.24, 2.45) is 17.8 Å². The first-order valence-electron chi connectivity index (χ1n) is 4.33. The smallest absolute Gasteiger partial charge is 0.321 e. The summed E-state index contributed by atoms with van der Waals surface area (Å²) in [5.41, 5.74) is 0. The van der Waals surface area contributed by atoms with Crippen LogP contribution in [-0.2, 0) is 23.9 Å². The third kappa shape index (κ3) is 0.724. The second-order valence-electron chi connectivity index (χ2n) is 3.60. The van der Waals surface area contributed by atoms with Gasteiger partial charge in [-0.3, -0.25) is 14.4 Å². The summed E-state index contributed by atoms with van der Waals surface area (Å²) in [4.78, 5) is 33.8. The van der Waals surface area contributed by atoms with Crippen molar-refractivity contribution in [3.63, 3.8) is 0 Å². The highest BCUT2D eigenvalue weighted by Crippen LogP contribution is 2.43. The first-order valence-corrected chi connectivity index (χ1v) is 4.33. The Balaban J connectivity index is 2.10. The minimum Gasteiger partial charge on any atom is -0.457 e. The molecule has 5 heteroatoms. The molecule has 5 nitrogen and oxygen atoms in total. The van der Waals surface area contributed by atoms with Gasteiger partial charge >= 0.3 is 17.9 Å². The van der Waals surface area contributed by atoms with E-state index < -0.39 is 41.8 Å². The Kier molecular flexibility index (Phi) is 1.23. The monoisotopic (exact) mass is 194 g/mol. The van der Waals surface area contributed by atoms with Crippen molar-refractivity contribution in [2.45, 2.75) is 6.10 Å². The summed E-state index contributed by atoms with van der Waals surface area (Å²) in [6.07, 6.45) is 2.65. The predicted octanol–water partition coefficient (Wildman–Crippen LogP) is -0.586. The van der Waals surface area contributed by atoms with E-state index in [0.29, 0.717) is 0 Å². The van der Waals surface area contributed by atoms with Crippen molar-refractivity contribution in [1.29, 1.82) is 0 Å².